The Hall–Kier alpha value is -1.36. The quantitative estimate of drug-likeness (QED) is 0.744. The second kappa shape index (κ2) is 3.66. The Kier molecular flexibility index (Phi) is 2.48. The fraction of sp³-hybridized carbons (Fsp3) is 0.400. The minimum atomic E-state index is -0.654. The van der Waals surface area contributed by atoms with Gasteiger partial charge >= 0.3 is 0 Å². The molecule has 15 heavy (non-hydrogen) atoms. The van der Waals surface area contributed by atoms with Gasteiger partial charge in [0.15, 0.2) is 5.82 Å². The van der Waals surface area contributed by atoms with Gasteiger partial charge in [-0.2, -0.15) is 0 Å². The van der Waals surface area contributed by atoms with Crippen LogP contribution >= 0.6 is 0 Å². The summed E-state index contributed by atoms with van der Waals surface area (Å²) in [6.45, 7) is 2.13. The van der Waals surface area contributed by atoms with E-state index in [4.69, 9.17) is 10.5 Å². The van der Waals surface area contributed by atoms with Gasteiger partial charge in [0.05, 0.1) is 6.04 Å². The van der Waals surface area contributed by atoms with Gasteiger partial charge in [-0.1, -0.05) is 0 Å². The molecule has 2 atom stereocenters. The number of anilines is 1. The van der Waals surface area contributed by atoms with E-state index in [0.717, 1.165) is 12.1 Å². The second-order valence-electron chi connectivity index (χ2n) is 3.59. The van der Waals surface area contributed by atoms with Crippen LogP contribution in [0.2, 0.25) is 0 Å². The molecular formula is C10H12F2N2O. The van der Waals surface area contributed by atoms with Crippen LogP contribution in [0.5, 0.6) is 5.75 Å². The van der Waals surface area contributed by atoms with Gasteiger partial charge < -0.3 is 15.8 Å². The Labute approximate surface area is 86.2 Å². The fourth-order valence-corrected chi connectivity index (χ4v) is 1.62. The molecule has 0 aliphatic carbocycles. The molecule has 3 N–H and O–H groups in total. The van der Waals surface area contributed by atoms with Gasteiger partial charge in [-0.3, -0.25) is 0 Å². The maximum atomic E-state index is 13.3. The van der Waals surface area contributed by atoms with E-state index < -0.39 is 11.6 Å². The third-order valence-electron chi connectivity index (χ3n) is 2.46. The molecule has 0 fully saturated rings. The molecule has 0 radical (unpaired) electrons. The molecule has 0 saturated heterocycles. The number of nitrogens with one attached hydrogen (secondary N) is 1. The van der Waals surface area contributed by atoms with E-state index in [9.17, 15) is 8.78 Å². The van der Waals surface area contributed by atoms with Crippen molar-refractivity contribution in [2.45, 2.75) is 19.1 Å². The molecule has 5 heteroatoms. The predicted octanol–water partition coefficient (Wildman–Crippen LogP) is 1.48. The number of nitrogens with two attached hydrogens (primary N) is 1. The molecule has 1 aromatic carbocycles. The highest BCUT2D eigenvalue weighted by molar-refractivity contribution is 5.60. The van der Waals surface area contributed by atoms with Crippen molar-refractivity contribution in [3.8, 4) is 5.75 Å². The lowest BCUT2D eigenvalue weighted by Gasteiger charge is -2.32. The van der Waals surface area contributed by atoms with E-state index in [0.29, 0.717) is 6.54 Å². The van der Waals surface area contributed by atoms with Crippen molar-refractivity contribution in [3.63, 3.8) is 0 Å². The lowest BCUT2D eigenvalue weighted by molar-refractivity contribution is 0.180. The molecule has 1 aromatic rings. The van der Waals surface area contributed by atoms with Crippen LogP contribution in [-0.4, -0.2) is 18.7 Å². The number of ether oxygens (including phenoxy) is 1. The summed E-state index contributed by atoms with van der Waals surface area (Å²) in [4.78, 5) is 0. The molecule has 0 bridgehead atoms. The lowest BCUT2D eigenvalue weighted by Crippen LogP contribution is -2.44. The van der Waals surface area contributed by atoms with Crippen molar-refractivity contribution in [1.82, 2.24) is 0 Å². The summed E-state index contributed by atoms with van der Waals surface area (Å²) in [6.07, 6.45) is -0.265. The molecule has 0 amide bonds. The van der Waals surface area contributed by atoms with Crippen LogP contribution in [-0.2, 0) is 0 Å². The topological polar surface area (TPSA) is 47.3 Å². The minimum absolute atomic E-state index is 0.0949. The van der Waals surface area contributed by atoms with Crippen molar-refractivity contribution in [2.24, 2.45) is 5.73 Å². The summed E-state index contributed by atoms with van der Waals surface area (Å²) >= 11 is 0. The maximum Gasteiger partial charge on any atom is 0.153 e. The molecule has 1 heterocycles. The first-order chi connectivity index (χ1) is 7.11. The van der Waals surface area contributed by atoms with Crippen LogP contribution < -0.4 is 15.8 Å². The van der Waals surface area contributed by atoms with Crippen LogP contribution in [0.25, 0.3) is 0 Å². The molecule has 3 nitrogen and oxygen atoms in total. The standard InChI is InChI=1S/C10H12F2N2O/c1-5-9(4-13)15-8-3-6(11)2-7(12)10(8)14-5/h2-3,5,9,14H,4,13H2,1H3. The van der Waals surface area contributed by atoms with E-state index >= 15 is 0 Å². The van der Waals surface area contributed by atoms with Crippen LogP contribution in [0.15, 0.2) is 12.1 Å². The Morgan fingerprint density at radius 2 is 2.20 bits per heavy atom. The number of benzene rings is 1. The number of halogens is 2. The van der Waals surface area contributed by atoms with Gasteiger partial charge in [0.25, 0.3) is 0 Å². The fourth-order valence-electron chi connectivity index (χ4n) is 1.62. The van der Waals surface area contributed by atoms with Gasteiger partial charge in [-0.15, -0.1) is 0 Å². The molecule has 82 valence electrons. The molecule has 2 rings (SSSR count). The maximum absolute atomic E-state index is 13.3. The van der Waals surface area contributed by atoms with E-state index in [2.05, 4.69) is 5.32 Å². The van der Waals surface area contributed by atoms with E-state index in [1.165, 1.54) is 0 Å². The minimum Gasteiger partial charge on any atom is -0.485 e. The Morgan fingerprint density at radius 3 is 2.87 bits per heavy atom. The number of hydrogen-bond donors (Lipinski definition) is 2. The van der Waals surface area contributed by atoms with Crippen LogP contribution in [0.4, 0.5) is 14.5 Å². The summed E-state index contributed by atoms with van der Waals surface area (Å²) in [5, 5.41) is 2.91. The molecule has 0 spiro atoms. The third kappa shape index (κ3) is 1.74. The van der Waals surface area contributed by atoms with Gasteiger partial charge in [0.1, 0.15) is 23.4 Å². The first-order valence-electron chi connectivity index (χ1n) is 4.74. The Bertz CT molecular complexity index is 384. The summed E-state index contributed by atoms with van der Waals surface area (Å²) in [7, 11) is 0. The van der Waals surface area contributed by atoms with Crippen molar-refractivity contribution >= 4 is 5.69 Å². The summed E-state index contributed by atoms with van der Waals surface area (Å²) in [6, 6.07) is 1.88. The monoisotopic (exact) mass is 214 g/mol. The van der Waals surface area contributed by atoms with E-state index in [1.807, 2.05) is 6.92 Å². The molecule has 0 aromatic heterocycles. The zero-order valence-corrected chi connectivity index (χ0v) is 8.26. The van der Waals surface area contributed by atoms with E-state index in [-0.39, 0.29) is 23.6 Å². The van der Waals surface area contributed by atoms with Crippen LogP contribution in [0.1, 0.15) is 6.92 Å². The Morgan fingerprint density at radius 1 is 1.47 bits per heavy atom. The zero-order valence-electron chi connectivity index (χ0n) is 8.26. The molecule has 0 saturated carbocycles. The number of rotatable bonds is 1. The van der Waals surface area contributed by atoms with Gasteiger partial charge in [0, 0.05) is 18.7 Å². The first kappa shape index (κ1) is 10.2. The molecule has 1 aliphatic heterocycles. The molecule has 1 aliphatic rings. The second-order valence-corrected chi connectivity index (χ2v) is 3.59. The molecular weight excluding hydrogens is 202 g/mol. The zero-order chi connectivity index (χ0) is 11.0. The largest absolute Gasteiger partial charge is 0.485 e. The van der Waals surface area contributed by atoms with Crippen LogP contribution in [0, 0.1) is 11.6 Å². The predicted molar refractivity (Wildman–Crippen MR) is 52.9 cm³/mol. The average molecular weight is 214 g/mol. The SMILES string of the molecule is CC1Nc2c(F)cc(F)cc2OC1CN. The van der Waals surface area contributed by atoms with Crippen molar-refractivity contribution < 1.29 is 13.5 Å². The smallest absolute Gasteiger partial charge is 0.153 e. The number of hydrogen-bond acceptors (Lipinski definition) is 3. The lowest BCUT2D eigenvalue weighted by atomic mass is 10.1. The number of fused-ring (bicyclic) bond motifs is 1. The highest BCUT2D eigenvalue weighted by atomic mass is 19.1. The Balaban J connectivity index is 2.40. The van der Waals surface area contributed by atoms with Crippen molar-refractivity contribution in [1.29, 1.82) is 0 Å². The van der Waals surface area contributed by atoms with Crippen molar-refractivity contribution in [2.75, 3.05) is 11.9 Å². The summed E-state index contributed by atoms with van der Waals surface area (Å²) in [5.41, 5.74) is 5.68. The van der Waals surface area contributed by atoms with Gasteiger partial charge in [0.2, 0.25) is 0 Å². The van der Waals surface area contributed by atoms with Gasteiger partial charge in [-0.25, -0.2) is 8.78 Å². The first-order valence-corrected chi connectivity index (χ1v) is 4.74. The van der Waals surface area contributed by atoms with E-state index in [1.54, 1.807) is 0 Å². The molecule has 2 unspecified atom stereocenters. The third-order valence-corrected chi connectivity index (χ3v) is 2.46. The van der Waals surface area contributed by atoms with Gasteiger partial charge in [-0.05, 0) is 6.92 Å². The summed E-state index contributed by atoms with van der Waals surface area (Å²) < 4.78 is 31.6. The average Bonchev–Trinajstić information content (AvgIpc) is 2.18. The van der Waals surface area contributed by atoms with Crippen LogP contribution in [0.3, 0.4) is 0 Å². The summed E-state index contributed by atoms with van der Waals surface area (Å²) in [5.74, 6) is -1.12. The van der Waals surface area contributed by atoms with Crippen molar-refractivity contribution in [3.05, 3.63) is 23.8 Å². The highest BCUT2D eigenvalue weighted by Crippen LogP contribution is 2.34. The highest BCUT2D eigenvalue weighted by Gasteiger charge is 2.27. The normalized spacial score (nSPS) is 24.0.